The minimum Gasteiger partial charge on any atom is -0.390 e. The quantitative estimate of drug-likeness (QED) is 0.773. The Kier molecular flexibility index (Phi) is 3.29. The first-order chi connectivity index (χ1) is 11.1. The number of carbonyl (C=O) groups excluding carboxylic acids is 2. The second-order valence-electron chi connectivity index (χ2n) is 9.18. The highest BCUT2D eigenvalue weighted by Crippen LogP contribution is 2.67. The van der Waals surface area contributed by atoms with Crippen molar-refractivity contribution in [2.45, 2.75) is 71.0 Å². The first-order valence-corrected chi connectivity index (χ1v) is 9.30. The van der Waals surface area contributed by atoms with Gasteiger partial charge in [-0.05, 0) is 68.3 Å². The first-order valence-electron chi connectivity index (χ1n) is 9.30. The summed E-state index contributed by atoms with van der Waals surface area (Å²) in [5.41, 5.74) is -0.925. The lowest BCUT2D eigenvalue weighted by Gasteiger charge is -2.57. The van der Waals surface area contributed by atoms with E-state index in [1.807, 2.05) is 13.0 Å². The molecule has 0 saturated heterocycles. The zero-order valence-corrected chi connectivity index (χ0v) is 14.8. The zero-order valence-electron chi connectivity index (χ0n) is 14.8. The predicted octanol–water partition coefficient (Wildman–Crippen LogP) is 2.42. The first kappa shape index (κ1) is 16.5. The van der Waals surface area contributed by atoms with Gasteiger partial charge in [0, 0.05) is 11.8 Å². The molecule has 7 atom stereocenters. The number of rotatable bonds is 1. The molecule has 0 aromatic rings. The van der Waals surface area contributed by atoms with Crippen molar-refractivity contribution in [3.63, 3.8) is 0 Å². The minimum atomic E-state index is -1.62. The van der Waals surface area contributed by atoms with Crippen LogP contribution >= 0.6 is 0 Å². The molecule has 2 N–H and O–H groups in total. The van der Waals surface area contributed by atoms with E-state index in [-0.39, 0.29) is 22.9 Å². The number of aliphatic hydroxyl groups excluding tert-OH is 1. The second-order valence-corrected chi connectivity index (χ2v) is 9.18. The normalized spacial score (nSPS) is 53.2. The van der Waals surface area contributed by atoms with Gasteiger partial charge in [0.2, 0.25) is 0 Å². The Morgan fingerprint density at radius 2 is 1.96 bits per heavy atom. The maximum absolute atomic E-state index is 12.2. The molecular weight excluding hydrogens is 304 g/mol. The lowest BCUT2D eigenvalue weighted by atomic mass is 9.48. The molecule has 132 valence electrons. The van der Waals surface area contributed by atoms with Gasteiger partial charge in [-0.1, -0.05) is 19.4 Å². The third kappa shape index (κ3) is 1.71. The van der Waals surface area contributed by atoms with Gasteiger partial charge in [0.05, 0.1) is 6.10 Å². The SMILES string of the molecule is CC(=O)C1(O)C(O)CC2C3CCC4=CC(=O)CC4(C)C3CCC21C. The third-order valence-electron chi connectivity index (χ3n) is 8.37. The Morgan fingerprint density at radius 3 is 2.62 bits per heavy atom. The molecule has 0 bridgehead atoms. The highest BCUT2D eigenvalue weighted by molar-refractivity contribution is 5.94. The highest BCUT2D eigenvalue weighted by atomic mass is 16.4. The summed E-state index contributed by atoms with van der Waals surface area (Å²) in [4.78, 5) is 24.2. The van der Waals surface area contributed by atoms with Gasteiger partial charge >= 0.3 is 0 Å². The van der Waals surface area contributed by atoms with E-state index < -0.39 is 17.1 Å². The van der Waals surface area contributed by atoms with Gasteiger partial charge in [-0.25, -0.2) is 0 Å². The molecule has 24 heavy (non-hydrogen) atoms. The Labute approximate surface area is 143 Å². The fraction of sp³-hybridized carbons (Fsp3) is 0.800. The second kappa shape index (κ2) is 4.79. The van der Waals surface area contributed by atoms with Crippen molar-refractivity contribution in [3.05, 3.63) is 11.6 Å². The number of aliphatic hydroxyl groups is 2. The molecule has 4 nitrogen and oxygen atoms in total. The molecule has 4 aliphatic rings. The molecule has 4 rings (SSSR count). The smallest absolute Gasteiger partial charge is 0.164 e. The number of hydrogen-bond acceptors (Lipinski definition) is 4. The highest BCUT2D eigenvalue weighted by Gasteiger charge is 2.69. The summed E-state index contributed by atoms with van der Waals surface area (Å²) in [5, 5.41) is 21.7. The molecule has 0 heterocycles. The van der Waals surface area contributed by atoms with Crippen LogP contribution in [-0.2, 0) is 9.59 Å². The van der Waals surface area contributed by atoms with Crippen molar-refractivity contribution in [1.82, 2.24) is 0 Å². The van der Waals surface area contributed by atoms with E-state index in [2.05, 4.69) is 6.92 Å². The Bertz CT molecular complexity index is 652. The van der Waals surface area contributed by atoms with Gasteiger partial charge in [-0.2, -0.15) is 0 Å². The summed E-state index contributed by atoms with van der Waals surface area (Å²) in [6, 6.07) is 0. The van der Waals surface area contributed by atoms with Crippen LogP contribution in [0.2, 0.25) is 0 Å². The van der Waals surface area contributed by atoms with E-state index in [9.17, 15) is 19.8 Å². The Hall–Kier alpha value is -1.00. The standard InChI is InChI=1S/C20H28O4/c1-11(21)20(24)17(23)9-16-14-5-4-12-8-13(22)10-18(12,2)15(14)6-7-19(16,20)3/h8,14-17,23-24H,4-7,9-10H2,1-3H3. The Morgan fingerprint density at radius 1 is 1.25 bits per heavy atom. The zero-order chi connectivity index (χ0) is 17.5. The van der Waals surface area contributed by atoms with E-state index >= 15 is 0 Å². The lowest BCUT2D eigenvalue weighted by Crippen LogP contribution is -2.59. The molecule has 0 aromatic carbocycles. The monoisotopic (exact) mass is 332 g/mol. The summed E-state index contributed by atoms with van der Waals surface area (Å²) in [6.07, 6.45) is 5.58. The van der Waals surface area contributed by atoms with Gasteiger partial charge in [0.15, 0.2) is 17.2 Å². The van der Waals surface area contributed by atoms with Crippen molar-refractivity contribution in [3.8, 4) is 0 Å². The van der Waals surface area contributed by atoms with Gasteiger partial charge in [0.25, 0.3) is 0 Å². The average Bonchev–Trinajstić information content (AvgIpc) is 2.92. The van der Waals surface area contributed by atoms with Crippen LogP contribution in [0.15, 0.2) is 11.6 Å². The number of fused-ring (bicyclic) bond motifs is 5. The van der Waals surface area contributed by atoms with Crippen molar-refractivity contribution < 1.29 is 19.8 Å². The lowest BCUT2D eigenvalue weighted by molar-refractivity contribution is -0.173. The number of Topliss-reactive ketones (excluding diaryl/α,β-unsaturated/α-hetero) is 1. The molecule has 0 radical (unpaired) electrons. The summed E-state index contributed by atoms with van der Waals surface area (Å²) < 4.78 is 0. The maximum Gasteiger partial charge on any atom is 0.164 e. The van der Waals surface area contributed by atoms with E-state index in [0.29, 0.717) is 24.7 Å². The van der Waals surface area contributed by atoms with Crippen LogP contribution in [0.25, 0.3) is 0 Å². The van der Waals surface area contributed by atoms with E-state index in [1.165, 1.54) is 12.5 Å². The van der Waals surface area contributed by atoms with Gasteiger partial charge in [0.1, 0.15) is 0 Å². The van der Waals surface area contributed by atoms with Crippen molar-refractivity contribution in [2.75, 3.05) is 0 Å². The topological polar surface area (TPSA) is 74.6 Å². The van der Waals surface area contributed by atoms with E-state index in [0.717, 1.165) is 25.7 Å². The summed E-state index contributed by atoms with van der Waals surface area (Å²) in [7, 11) is 0. The van der Waals surface area contributed by atoms with Gasteiger partial charge in [-0.3, -0.25) is 9.59 Å². The van der Waals surface area contributed by atoms with Gasteiger partial charge < -0.3 is 10.2 Å². The van der Waals surface area contributed by atoms with Crippen LogP contribution in [0.5, 0.6) is 0 Å². The van der Waals surface area contributed by atoms with E-state index in [1.54, 1.807) is 0 Å². The summed E-state index contributed by atoms with van der Waals surface area (Å²) in [6.45, 7) is 5.63. The molecule has 3 saturated carbocycles. The molecule has 4 heteroatoms. The minimum absolute atomic E-state index is 0.0524. The molecule has 0 aliphatic heterocycles. The molecule has 7 unspecified atom stereocenters. The number of ketones is 2. The van der Waals surface area contributed by atoms with Crippen molar-refractivity contribution in [1.29, 1.82) is 0 Å². The van der Waals surface area contributed by atoms with Crippen LogP contribution in [0.4, 0.5) is 0 Å². The van der Waals surface area contributed by atoms with Crippen LogP contribution in [0.1, 0.15) is 59.3 Å². The summed E-state index contributed by atoms with van der Waals surface area (Å²) >= 11 is 0. The molecule has 4 aliphatic carbocycles. The number of allylic oxidation sites excluding steroid dienone is 2. The van der Waals surface area contributed by atoms with E-state index in [4.69, 9.17) is 0 Å². The van der Waals surface area contributed by atoms with Crippen LogP contribution < -0.4 is 0 Å². The average molecular weight is 332 g/mol. The fourth-order valence-electron chi connectivity index (χ4n) is 7.07. The molecule has 0 spiro atoms. The molecular formula is C20H28O4. The van der Waals surface area contributed by atoms with Crippen LogP contribution in [-0.4, -0.2) is 33.5 Å². The number of carbonyl (C=O) groups is 2. The largest absolute Gasteiger partial charge is 0.390 e. The predicted molar refractivity (Wildman–Crippen MR) is 89.1 cm³/mol. The maximum atomic E-state index is 12.2. The van der Waals surface area contributed by atoms with Gasteiger partial charge in [-0.15, -0.1) is 0 Å². The van der Waals surface area contributed by atoms with Crippen molar-refractivity contribution >= 4 is 11.6 Å². The third-order valence-corrected chi connectivity index (χ3v) is 8.37. The van der Waals surface area contributed by atoms with Crippen LogP contribution in [0.3, 0.4) is 0 Å². The fourth-order valence-corrected chi connectivity index (χ4v) is 7.07. The molecule has 3 fully saturated rings. The molecule has 0 amide bonds. The molecule has 0 aromatic heterocycles. The summed E-state index contributed by atoms with van der Waals surface area (Å²) in [5.74, 6) is 0.878. The van der Waals surface area contributed by atoms with Crippen molar-refractivity contribution in [2.24, 2.45) is 28.6 Å². The van der Waals surface area contributed by atoms with Crippen LogP contribution in [0, 0.1) is 28.6 Å². The Balaban J connectivity index is 1.73. The number of hydrogen-bond donors (Lipinski definition) is 2.